The van der Waals surface area contributed by atoms with Gasteiger partial charge in [-0.3, -0.25) is 4.99 Å². The van der Waals surface area contributed by atoms with E-state index in [1.165, 1.54) is 5.57 Å². The molecule has 0 aromatic rings. The first-order valence-electron chi connectivity index (χ1n) is 3.73. The molecule has 56 valence electrons. The summed E-state index contributed by atoms with van der Waals surface area (Å²) >= 11 is 0. The first kappa shape index (κ1) is 9.15. The van der Waals surface area contributed by atoms with Crippen LogP contribution in [0.3, 0.4) is 0 Å². The molecule has 0 fully saturated rings. The lowest BCUT2D eigenvalue weighted by Crippen LogP contribution is -1.69. The predicted octanol–water partition coefficient (Wildman–Crippen LogP) is 2.95. The molecule has 0 atom stereocenters. The summed E-state index contributed by atoms with van der Waals surface area (Å²) in [6.07, 6.45) is 8.77. The number of allylic oxidation sites excluding steroid dienone is 3. The van der Waals surface area contributed by atoms with Crippen molar-refractivity contribution in [2.75, 3.05) is 0 Å². The van der Waals surface area contributed by atoms with Gasteiger partial charge in [0.1, 0.15) is 0 Å². The average Bonchev–Trinajstić information content (AvgIpc) is 2.21. The zero-order valence-corrected chi connectivity index (χ0v) is 6.96. The van der Waals surface area contributed by atoms with E-state index in [4.69, 9.17) is 0 Å². The van der Waals surface area contributed by atoms with Crippen molar-refractivity contribution < 1.29 is 0 Å². The molecule has 1 rings (SSSR count). The van der Waals surface area contributed by atoms with Crippen LogP contribution in [0.15, 0.2) is 28.9 Å². The quantitative estimate of drug-likeness (QED) is 0.486. The van der Waals surface area contributed by atoms with Crippen LogP contribution in [0.2, 0.25) is 0 Å². The van der Waals surface area contributed by atoms with E-state index in [1.54, 1.807) is 0 Å². The highest BCUT2D eigenvalue weighted by Crippen LogP contribution is 2.01. The highest BCUT2D eigenvalue weighted by atomic mass is 14.7. The number of rotatable bonds is 0. The molecule has 0 aromatic heterocycles. The lowest BCUT2D eigenvalue weighted by atomic mass is 10.2. The fourth-order valence-electron chi connectivity index (χ4n) is 0.587. The fraction of sp³-hybridized carbons (Fsp3) is 0.444. The van der Waals surface area contributed by atoms with E-state index in [1.807, 2.05) is 32.3 Å². The Morgan fingerprint density at radius 1 is 1.40 bits per heavy atom. The van der Waals surface area contributed by atoms with Gasteiger partial charge in [-0.1, -0.05) is 25.5 Å². The molecule has 1 heteroatoms. The van der Waals surface area contributed by atoms with Gasteiger partial charge in [0.15, 0.2) is 0 Å². The summed E-state index contributed by atoms with van der Waals surface area (Å²) < 4.78 is 0. The molecule has 1 heterocycles. The molecule has 1 aliphatic heterocycles. The van der Waals surface area contributed by atoms with E-state index in [0.717, 1.165) is 6.42 Å². The summed E-state index contributed by atoms with van der Waals surface area (Å²) in [4.78, 5) is 3.94. The minimum absolute atomic E-state index is 1.04. The number of nitrogens with zero attached hydrogens (tertiary/aromatic N) is 1. The Balaban J connectivity index is 0.000000371. The molecule has 1 nitrogen and oxygen atoms in total. The lowest BCUT2D eigenvalue weighted by Gasteiger charge is -1.85. The van der Waals surface area contributed by atoms with Crippen LogP contribution in [0.1, 0.15) is 27.2 Å². The standard InChI is InChI=1S/C7H9N.C2H6/c1-7-3-2-5-8-6-4-7;1-2/h2,4-6H,3H2,1H3;1-2H3. The van der Waals surface area contributed by atoms with E-state index >= 15 is 0 Å². The molecule has 0 aliphatic carbocycles. The molecule has 0 unspecified atom stereocenters. The maximum Gasteiger partial charge on any atom is 0.0267 e. The summed E-state index contributed by atoms with van der Waals surface area (Å²) in [5.74, 6) is 0. The predicted molar refractivity (Wildman–Crippen MR) is 47.4 cm³/mol. The van der Waals surface area contributed by atoms with E-state index < -0.39 is 0 Å². The van der Waals surface area contributed by atoms with Gasteiger partial charge in [-0.25, -0.2) is 0 Å². The maximum atomic E-state index is 3.94. The third-order valence-electron chi connectivity index (χ3n) is 1.08. The summed E-state index contributed by atoms with van der Waals surface area (Å²) in [5.41, 5.74) is 1.36. The van der Waals surface area contributed by atoms with Crippen LogP contribution in [0.5, 0.6) is 0 Å². The summed E-state index contributed by atoms with van der Waals surface area (Å²) in [5, 5.41) is 0. The fourth-order valence-corrected chi connectivity index (χ4v) is 0.587. The van der Waals surface area contributed by atoms with Gasteiger partial charge in [0.05, 0.1) is 0 Å². The van der Waals surface area contributed by atoms with Gasteiger partial charge in [-0.05, 0) is 19.4 Å². The van der Waals surface area contributed by atoms with Crippen molar-refractivity contribution in [3.63, 3.8) is 0 Å². The average molecular weight is 137 g/mol. The van der Waals surface area contributed by atoms with Crippen molar-refractivity contribution in [1.82, 2.24) is 0 Å². The van der Waals surface area contributed by atoms with Gasteiger partial charge >= 0.3 is 0 Å². The summed E-state index contributed by atoms with van der Waals surface area (Å²) in [6.45, 7) is 6.10. The Morgan fingerprint density at radius 3 is 2.80 bits per heavy atom. The molecule has 0 amide bonds. The maximum absolute atomic E-state index is 3.94. The van der Waals surface area contributed by atoms with Crippen LogP contribution >= 0.6 is 0 Å². The zero-order valence-electron chi connectivity index (χ0n) is 6.96. The highest BCUT2D eigenvalue weighted by molar-refractivity contribution is 5.73. The van der Waals surface area contributed by atoms with Gasteiger partial charge in [-0.15, -0.1) is 0 Å². The second-order valence-corrected chi connectivity index (χ2v) is 1.90. The third kappa shape index (κ3) is 4.07. The van der Waals surface area contributed by atoms with Gasteiger partial charge < -0.3 is 0 Å². The number of hydrogen-bond acceptors (Lipinski definition) is 1. The molecule has 0 radical (unpaired) electrons. The second kappa shape index (κ2) is 6.27. The minimum atomic E-state index is 1.04. The van der Waals surface area contributed by atoms with Crippen LogP contribution in [-0.2, 0) is 0 Å². The van der Waals surface area contributed by atoms with E-state index in [0.29, 0.717) is 0 Å². The van der Waals surface area contributed by atoms with Gasteiger partial charge in [0.2, 0.25) is 0 Å². The minimum Gasteiger partial charge on any atom is -0.265 e. The smallest absolute Gasteiger partial charge is 0.0267 e. The summed E-state index contributed by atoms with van der Waals surface area (Å²) in [7, 11) is 0. The van der Waals surface area contributed by atoms with Crippen LogP contribution in [0, 0.1) is 0 Å². The Bertz CT molecular complexity index is 152. The van der Waals surface area contributed by atoms with Crippen molar-refractivity contribution in [3.8, 4) is 0 Å². The van der Waals surface area contributed by atoms with Gasteiger partial charge in [0.25, 0.3) is 0 Å². The van der Waals surface area contributed by atoms with Gasteiger partial charge in [0, 0.05) is 12.4 Å². The molecule has 0 saturated heterocycles. The van der Waals surface area contributed by atoms with Crippen LogP contribution < -0.4 is 0 Å². The topological polar surface area (TPSA) is 12.4 Å². The Morgan fingerprint density at radius 2 is 2.10 bits per heavy atom. The Labute approximate surface area is 63.2 Å². The van der Waals surface area contributed by atoms with Crippen molar-refractivity contribution in [1.29, 1.82) is 0 Å². The van der Waals surface area contributed by atoms with Crippen molar-refractivity contribution >= 4 is 6.21 Å². The lowest BCUT2D eigenvalue weighted by molar-refractivity contribution is 1.22. The van der Waals surface area contributed by atoms with Crippen LogP contribution in [0.4, 0.5) is 0 Å². The Kier molecular flexibility index (Phi) is 5.74. The monoisotopic (exact) mass is 137 g/mol. The molecule has 1 aliphatic rings. The Hall–Kier alpha value is -0.850. The SMILES string of the molecule is CC.CC1=CC=NC=CC1. The van der Waals surface area contributed by atoms with Crippen LogP contribution in [0.25, 0.3) is 0 Å². The van der Waals surface area contributed by atoms with Crippen molar-refractivity contribution in [3.05, 3.63) is 23.9 Å². The molecule has 0 saturated carbocycles. The highest BCUT2D eigenvalue weighted by Gasteiger charge is 1.83. The largest absolute Gasteiger partial charge is 0.265 e. The zero-order chi connectivity index (χ0) is 7.82. The van der Waals surface area contributed by atoms with Crippen molar-refractivity contribution in [2.24, 2.45) is 4.99 Å². The van der Waals surface area contributed by atoms with Gasteiger partial charge in [-0.2, -0.15) is 0 Å². The van der Waals surface area contributed by atoms with E-state index in [9.17, 15) is 0 Å². The van der Waals surface area contributed by atoms with Crippen molar-refractivity contribution in [2.45, 2.75) is 27.2 Å². The number of aliphatic imine (C=N–C) groups is 1. The molecule has 0 spiro atoms. The number of hydrogen-bond donors (Lipinski definition) is 0. The molecule has 10 heavy (non-hydrogen) atoms. The molecule has 0 N–H and O–H groups in total. The normalized spacial score (nSPS) is 14.9. The molecular formula is C9H15N. The first-order valence-corrected chi connectivity index (χ1v) is 3.73. The summed E-state index contributed by atoms with van der Waals surface area (Å²) in [6, 6.07) is 0. The second-order valence-electron chi connectivity index (χ2n) is 1.90. The van der Waals surface area contributed by atoms with Crippen LogP contribution in [-0.4, -0.2) is 6.21 Å². The molecular weight excluding hydrogens is 122 g/mol. The molecule has 0 aromatic carbocycles. The van der Waals surface area contributed by atoms with E-state index in [-0.39, 0.29) is 0 Å². The first-order chi connectivity index (χ1) is 4.89. The van der Waals surface area contributed by atoms with E-state index in [2.05, 4.69) is 18.0 Å². The third-order valence-corrected chi connectivity index (χ3v) is 1.08. The molecule has 0 bridgehead atoms.